The van der Waals surface area contributed by atoms with Crippen molar-refractivity contribution >= 4 is 17.3 Å². The molecule has 0 aromatic heterocycles. The smallest absolute Gasteiger partial charge is 0.0635 e. The van der Waals surface area contributed by atoms with Gasteiger partial charge in [-0.05, 0) is 17.7 Å². The summed E-state index contributed by atoms with van der Waals surface area (Å²) < 4.78 is 0. The summed E-state index contributed by atoms with van der Waals surface area (Å²) in [4.78, 5) is 0. The zero-order valence-corrected chi connectivity index (χ0v) is 7.25. The average molecular weight is 187 g/mol. The van der Waals surface area contributed by atoms with E-state index < -0.39 is 0 Å². The van der Waals surface area contributed by atoms with Crippen LogP contribution in [-0.2, 0) is 0 Å². The van der Waals surface area contributed by atoms with E-state index in [-0.39, 0.29) is 12.6 Å². The van der Waals surface area contributed by atoms with Crippen molar-refractivity contribution in [2.24, 2.45) is 5.73 Å². The summed E-state index contributed by atoms with van der Waals surface area (Å²) in [5, 5.41) is 9.25. The van der Waals surface area contributed by atoms with Gasteiger partial charge in [0.2, 0.25) is 0 Å². The van der Waals surface area contributed by atoms with Crippen LogP contribution in [0.2, 0.25) is 5.02 Å². The number of nitrogens with two attached hydrogens (primary N) is 2. The average Bonchev–Trinajstić information content (AvgIpc) is 2.08. The van der Waals surface area contributed by atoms with E-state index in [0.29, 0.717) is 10.7 Å². The van der Waals surface area contributed by atoms with Gasteiger partial charge in [0, 0.05) is 0 Å². The number of hydrogen-bond donors (Lipinski definition) is 3. The topological polar surface area (TPSA) is 72.3 Å². The molecule has 0 saturated heterocycles. The standard InChI is InChI=1S/C8H11ClN2O/c9-6-2-1-5(3-7(6)10)8(11)4-12/h1-3,8,12H,4,10-11H2. The van der Waals surface area contributed by atoms with Gasteiger partial charge in [0.1, 0.15) is 0 Å². The van der Waals surface area contributed by atoms with Crippen molar-refractivity contribution in [3.63, 3.8) is 0 Å². The summed E-state index contributed by atoms with van der Waals surface area (Å²) in [6, 6.07) is 4.70. The quantitative estimate of drug-likeness (QED) is 0.602. The van der Waals surface area contributed by atoms with E-state index in [0.717, 1.165) is 5.56 Å². The maximum atomic E-state index is 8.75. The van der Waals surface area contributed by atoms with Crippen LogP contribution in [0.3, 0.4) is 0 Å². The number of anilines is 1. The molecule has 1 rings (SSSR count). The highest BCUT2D eigenvalue weighted by Gasteiger charge is 2.05. The first kappa shape index (κ1) is 9.32. The minimum atomic E-state index is -0.385. The van der Waals surface area contributed by atoms with Crippen LogP contribution in [0, 0.1) is 0 Å². The molecule has 1 aromatic rings. The van der Waals surface area contributed by atoms with Crippen LogP contribution < -0.4 is 11.5 Å². The first-order valence-electron chi connectivity index (χ1n) is 3.56. The maximum Gasteiger partial charge on any atom is 0.0635 e. The second kappa shape index (κ2) is 3.76. The summed E-state index contributed by atoms with van der Waals surface area (Å²) in [6.07, 6.45) is 0. The fraction of sp³-hybridized carbons (Fsp3) is 0.250. The lowest BCUT2D eigenvalue weighted by Crippen LogP contribution is -2.14. The lowest BCUT2D eigenvalue weighted by molar-refractivity contribution is 0.268. The van der Waals surface area contributed by atoms with Crippen LogP contribution in [0.15, 0.2) is 18.2 Å². The van der Waals surface area contributed by atoms with Crippen molar-refractivity contribution in [3.8, 4) is 0 Å². The molecule has 0 radical (unpaired) electrons. The van der Waals surface area contributed by atoms with E-state index in [2.05, 4.69) is 0 Å². The summed E-state index contributed by atoms with van der Waals surface area (Å²) >= 11 is 5.70. The Bertz CT molecular complexity index is 278. The zero-order chi connectivity index (χ0) is 9.14. The summed E-state index contributed by atoms with van der Waals surface area (Å²) in [7, 11) is 0. The van der Waals surface area contributed by atoms with Gasteiger partial charge in [-0.25, -0.2) is 0 Å². The summed E-state index contributed by atoms with van der Waals surface area (Å²) in [5.41, 5.74) is 12.4. The Balaban J connectivity index is 2.96. The van der Waals surface area contributed by atoms with Crippen LogP contribution in [-0.4, -0.2) is 11.7 Å². The molecule has 0 spiro atoms. The van der Waals surface area contributed by atoms with Gasteiger partial charge >= 0.3 is 0 Å². The molecule has 0 aliphatic heterocycles. The Kier molecular flexibility index (Phi) is 2.92. The summed E-state index contributed by atoms with van der Waals surface area (Å²) in [5.74, 6) is 0. The molecule has 0 aliphatic carbocycles. The first-order valence-corrected chi connectivity index (χ1v) is 3.94. The summed E-state index contributed by atoms with van der Waals surface area (Å²) in [6.45, 7) is -0.0962. The van der Waals surface area contributed by atoms with Crippen molar-refractivity contribution in [1.29, 1.82) is 0 Å². The highest BCUT2D eigenvalue weighted by molar-refractivity contribution is 6.33. The van der Waals surface area contributed by atoms with Gasteiger partial charge < -0.3 is 16.6 Å². The second-order valence-corrected chi connectivity index (χ2v) is 2.98. The van der Waals surface area contributed by atoms with E-state index >= 15 is 0 Å². The molecule has 5 N–H and O–H groups in total. The SMILES string of the molecule is Nc1cc(C(N)CO)ccc1Cl. The van der Waals surface area contributed by atoms with E-state index in [9.17, 15) is 0 Å². The van der Waals surface area contributed by atoms with Crippen molar-refractivity contribution in [2.45, 2.75) is 6.04 Å². The fourth-order valence-electron chi connectivity index (χ4n) is 0.898. The molecule has 1 atom stereocenters. The monoisotopic (exact) mass is 186 g/mol. The number of nitrogen functional groups attached to an aromatic ring is 1. The molecular formula is C8H11ClN2O. The zero-order valence-electron chi connectivity index (χ0n) is 6.50. The van der Waals surface area contributed by atoms with Gasteiger partial charge in [-0.2, -0.15) is 0 Å². The molecule has 1 aromatic carbocycles. The van der Waals surface area contributed by atoms with Gasteiger partial charge in [0.25, 0.3) is 0 Å². The normalized spacial score (nSPS) is 12.9. The van der Waals surface area contributed by atoms with E-state index in [4.69, 9.17) is 28.2 Å². The maximum absolute atomic E-state index is 8.75. The highest BCUT2D eigenvalue weighted by Crippen LogP contribution is 2.21. The molecular weight excluding hydrogens is 176 g/mol. The molecule has 12 heavy (non-hydrogen) atoms. The van der Waals surface area contributed by atoms with Gasteiger partial charge in [0.05, 0.1) is 23.4 Å². The Morgan fingerprint density at radius 3 is 2.67 bits per heavy atom. The Labute approximate surface area is 75.9 Å². The number of aliphatic hydroxyl groups is 1. The molecule has 3 nitrogen and oxygen atoms in total. The molecule has 66 valence electrons. The number of rotatable bonds is 2. The van der Waals surface area contributed by atoms with Gasteiger partial charge in [-0.1, -0.05) is 17.7 Å². The lowest BCUT2D eigenvalue weighted by atomic mass is 10.1. The minimum Gasteiger partial charge on any atom is -0.398 e. The fourth-order valence-corrected chi connectivity index (χ4v) is 1.02. The van der Waals surface area contributed by atoms with Crippen molar-refractivity contribution in [2.75, 3.05) is 12.3 Å². The molecule has 1 unspecified atom stereocenters. The van der Waals surface area contributed by atoms with Crippen molar-refractivity contribution in [3.05, 3.63) is 28.8 Å². The predicted octanol–water partition coefficient (Wildman–Crippen LogP) is 0.914. The van der Waals surface area contributed by atoms with Crippen molar-refractivity contribution in [1.82, 2.24) is 0 Å². The Morgan fingerprint density at radius 1 is 1.50 bits per heavy atom. The van der Waals surface area contributed by atoms with Gasteiger partial charge in [-0.15, -0.1) is 0 Å². The molecule has 4 heteroatoms. The van der Waals surface area contributed by atoms with Crippen LogP contribution in [0.1, 0.15) is 11.6 Å². The third-order valence-corrected chi connectivity index (χ3v) is 1.99. The molecule has 0 saturated carbocycles. The van der Waals surface area contributed by atoms with Gasteiger partial charge in [-0.3, -0.25) is 0 Å². The third kappa shape index (κ3) is 1.88. The third-order valence-electron chi connectivity index (χ3n) is 1.64. The Hall–Kier alpha value is -0.770. The first-order chi connectivity index (χ1) is 5.65. The predicted molar refractivity (Wildman–Crippen MR) is 49.9 cm³/mol. The van der Waals surface area contributed by atoms with Crippen LogP contribution in [0.5, 0.6) is 0 Å². The van der Waals surface area contributed by atoms with Crippen LogP contribution in [0.4, 0.5) is 5.69 Å². The number of halogens is 1. The van der Waals surface area contributed by atoms with E-state index in [1.165, 1.54) is 0 Å². The molecule has 0 bridgehead atoms. The second-order valence-electron chi connectivity index (χ2n) is 2.57. The largest absolute Gasteiger partial charge is 0.398 e. The van der Waals surface area contributed by atoms with Crippen LogP contribution >= 0.6 is 11.6 Å². The minimum absolute atomic E-state index is 0.0962. The Morgan fingerprint density at radius 2 is 2.17 bits per heavy atom. The number of benzene rings is 1. The van der Waals surface area contributed by atoms with Gasteiger partial charge in [0.15, 0.2) is 0 Å². The molecule has 0 heterocycles. The van der Waals surface area contributed by atoms with E-state index in [1.807, 2.05) is 0 Å². The highest BCUT2D eigenvalue weighted by atomic mass is 35.5. The number of hydrogen-bond acceptors (Lipinski definition) is 3. The van der Waals surface area contributed by atoms with E-state index in [1.54, 1.807) is 18.2 Å². The molecule has 0 fully saturated rings. The van der Waals surface area contributed by atoms with Crippen molar-refractivity contribution < 1.29 is 5.11 Å². The van der Waals surface area contributed by atoms with Crippen LogP contribution in [0.25, 0.3) is 0 Å². The molecule has 0 aliphatic rings. The number of aliphatic hydroxyl groups excluding tert-OH is 1. The molecule has 0 amide bonds. The lowest BCUT2D eigenvalue weighted by Gasteiger charge is -2.09.